The third kappa shape index (κ3) is 3.31. The number of hydrogen-bond donors (Lipinski definition) is 0. The van der Waals surface area contributed by atoms with E-state index in [4.69, 9.17) is 16.0 Å². The summed E-state index contributed by atoms with van der Waals surface area (Å²) >= 11 is 7.82. The van der Waals surface area contributed by atoms with Gasteiger partial charge in [-0.1, -0.05) is 17.7 Å². The maximum Gasteiger partial charge on any atom is 0.356 e. The molecule has 0 N–H and O–H groups in total. The lowest BCUT2D eigenvalue weighted by Gasteiger charge is -2.29. The SMILES string of the molecule is CSc1ccc(-c2cc(N3CCCCC3)c(C#N)c(=O)o2)cc1Cl. The molecule has 1 saturated heterocycles. The number of thioether (sulfide) groups is 1. The molecule has 2 heterocycles. The summed E-state index contributed by atoms with van der Waals surface area (Å²) in [7, 11) is 0. The Balaban J connectivity index is 2.09. The smallest absolute Gasteiger partial charge is 0.356 e. The predicted octanol–water partition coefficient (Wildman–Crippen LogP) is 4.54. The van der Waals surface area contributed by atoms with E-state index in [1.165, 1.54) is 6.42 Å². The molecule has 2 aromatic rings. The van der Waals surface area contributed by atoms with Gasteiger partial charge < -0.3 is 9.32 Å². The van der Waals surface area contributed by atoms with Gasteiger partial charge in [0.2, 0.25) is 0 Å². The second-order valence-electron chi connectivity index (χ2n) is 5.67. The van der Waals surface area contributed by atoms with Crippen molar-refractivity contribution >= 4 is 29.1 Å². The molecule has 1 aromatic carbocycles. The lowest BCUT2D eigenvalue weighted by molar-refractivity contribution is 0.519. The summed E-state index contributed by atoms with van der Waals surface area (Å²) in [5, 5.41) is 9.96. The standard InChI is InChI=1S/C18H17ClN2O2S/c1-24-17-6-5-12(9-14(17)19)16-10-15(13(11-20)18(22)23-16)21-7-3-2-4-8-21/h5-6,9-10H,2-4,7-8H2,1H3. The van der Waals surface area contributed by atoms with Crippen molar-refractivity contribution < 1.29 is 4.42 Å². The topological polar surface area (TPSA) is 57.2 Å². The first-order chi connectivity index (χ1) is 11.6. The Morgan fingerprint density at radius 2 is 2.00 bits per heavy atom. The summed E-state index contributed by atoms with van der Waals surface area (Å²) in [6.45, 7) is 1.70. The lowest BCUT2D eigenvalue weighted by Crippen LogP contribution is -2.31. The van der Waals surface area contributed by atoms with E-state index in [1.807, 2.05) is 24.5 Å². The molecule has 24 heavy (non-hydrogen) atoms. The van der Waals surface area contributed by atoms with Crippen LogP contribution < -0.4 is 10.5 Å². The summed E-state index contributed by atoms with van der Waals surface area (Å²) in [5.74, 6) is 0.439. The van der Waals surface area contributed by atoms with Crippen LogP contribution >= 0.6 is 23.4 Å². The van der Waals surface area contributed by atoms with E-state index >= 15 is 0 Å². The van der Waals surface area contributed by atoms with Crippen LogP contribution in [0.3, 0.4) is 0 Å². The molecule has 6 heteroatoms. The fourth-order valence-electron chi connectivity index (χ4n) is 2.93. The van der Waals surface area contributed by atoms with Crippen LogP contribution in [-0.2, 0) is 0 Å². The molecular formula is C18H17ClN2O2S. The fraction of sp³-hybridized carbons (Fsp3) is 0.333. The molecule has 0 amide bonds. The average molecular weight is 361 g/mol. The highest BCUT2D eigenvalue weighted by Crippen LogP contribution is 2.32. The van der Waals surface area contributed by atoms with E-state index in [9.17, 15) is 10.1 Å². The fourth-order valence-corrected chi connectivity index (χ4v) is 3.80. The summed E-state index contributed by atoms with van der Waals surface area (Å²) in [6.07, 6.45) is 5.26. The summed E-state index contributed by atoms with van der Waals surface area (Å²) in [4.78, 5) is 15.3. The van der Waals surface area contributed by atoms with Gasteiger partial charge in [0.1, 0.15) is 11.8 Å². The number of halogens is 1. The van der Waals surface area contributed by atoms with Gasteiger partial charge in [-0.15, -0.1) is 11.8 Å². The molecule has 0 atom stereocenters. The second-order valence-corrected chi connectivity index (χ2v) is 6.92. The van der Waals surface area contributed by atoms with Gasteiger partial charge >= 0.3 is 5.63 Å². The first kappa shape index (κ1) is 16.9. The van der Waals surface area contributed by atoms with Gasteiger partial charge in [0, 0.05) is 29.6 Å². The number of nitrogens with zero attached hydrogens (tertiary/aromatic N) is 2. The molecular weight excluding hydrogens is 344 g/mol. The molecule has 0 aliphatic carbocycles. The number of benzene rings is 1. The molecule has 0 radical (unpaired) electrons. The quantitative estimate of drug-likeness (QED) is 0.752. The minimum absolute atomic E-state index is 0.0764. The Bertz CT molecular complexity index is 851. The van der Waals surface area contributed by atoms with Crippen molar-refractivity contribution in [3.63, 3.8) is 0 Å². The molecule has 0 spiro atoms. The van der Waals surface area contributed by atoms with Gasteiger partial charge in [0.25, 0.3) is 0 Å². The second kappa shape index (κ2) is 7.33. The molecule has 4 nitrogen and oxygen atoms in total. The third-order valence-electron chi connectivity index (χ3n) is 4.18. The Morgan fingerprint density at radius 1 is 1.25 bits per heavy atom. The molecule has 3 rings (SSSR count). The highest BCUT2D eigenvalue weighted by molar-refractivity contribution is 7.98. The van der Waals surface area contributed by atoms with Crippen LogP contribution in [0.4, 0.5) is 5.69 Å². The zero-order valence-electron chi connectivity index (χ0n) is 13.3. The van der Waals surface area contributed by atoms with Crippen LogP contribution in [0.1, 0.15) is 24.8 Å². The number of hydrogen-bond acceptors (Lipinski definition) is 5. The van der Waals surface area contributed by atoms with Crippen molar-refractivity contribution in [3.8, 4) is 17.4 Å². The zero-order valence-corrected chi connectivity index (χ0v) is 14.9. The molecule has 0 bridgehead atoms. The number of piperidine rings is 1. The van der Waals surface area contributed by atoms with Gasteiger partial charge in [-0.25, -0.2) is 4.79 Å². The van der Waals surface area contributed by atoms with Gasteiger partial charge in [-0.3, -0.25) is 0 Å². The minimum atomic E-state index is -0.597. The Labute approximate surface area is 150 Å². The van der Waals surface area contributed by atoms with Gasteiger partial charge in [-0.05, 0) is 37.7 Å². The van der Waals surface area contributed by atoms with E-state index in [1.54, 1.807) is 23.9 Å². The first-order valence-electron chi connectivity index (χ1n) is 7.81. The summed E-state index contributed by atoms with van der Waals surface area (Å²) in [5.41, 5.74) is 0.874. The highest BCUT2D eigenvalue weighted by Gasteiger charge is 2.20. The van der Waals surface area contributed by atoms with E-state index < -0.39 is 5.63 Å². The van der Waals surface area contributed by atoms with Crippen molar-refractivity contribution in [2.45, 2.75) is 24.2 Å². The molecule has 1 aliphatic heterocycles. The Morgan fingerprint density at radius 3 is 2.62 bits per heavy atom. The molecule has 0 saturated carbocycles. The average Bonchev–Trinajstić information content (AvgIpc) is 2.61. The van der Waals surface area contributed by atoms with Crippen molar-refractivity contribution in [2.75, 3.05) is 24.2 Å². The molecule has 124 valence electrons. The molecule has 0 unspecified atom stereocenters. The molecule has 1 aromatic heterocycles. The van der Waals surface area contributed by atoms with Crippen molar-refractivity contribution in [1.82, 2.24) is 0 Å². The van der Waals surface area contributed by atoms with Crippen LogP contribution in [0.25, 0.3) is 11.3 Å². The number of rotatable bonds is 3. The number of nitriles is 1. The summed E-state index contributed by atoms with van der Waals surface area (Å²) < 4.78 is 5.38. The first-order valence-corrected chi connectivity index (χ1v) is 9.41. The number of anilines is 1. The maximum atomic E-state index is 12.3. The van der Waals surface area contributed by atoms with Crippen molar-refractivity contribution in [2.24, 2.45) is 0 Å². The van der Waals surface area contributed by atoms with Crippen molar-refractivity contribution in [1.29, 1.82) is 5.26 Å². The van der Waals surface area contributed by atoms with Crippen LogP contribution in [-0.4, -0.2) is 19.3 Å². The Kier molecular flexibility index (Phi) is 5.17. The van der Waals surface area contributed by atoms with Crippen molar-refractivity contribution in [3.05, 3.63) is 45.3 Å². The predicted molar refractivity (Wildman–Crippen MR) is 98.0 cm³/mol. The van der Waals surface area contributed by atoms with E-state index in [0.29, 0.717) is 16.5 Å². The largest absolute Gasteiger partial charge is 0.422 e. The van der Waals surface area contributed by atoms with Crippen LogP contribution in [0, 0.1) is 11.3 Å². The normalized spacial score (nSPS) is 14.5. The monoisotopic (exact) mass is 360 g/mol. The van der Waals surface area contributed by atoms with E-state index in [0.717, 1.165) is 36.4 Å². The van der Waals surface area contributed by atoms with Crippen LogP contribution in [0.15, 0.2) is 38.4 Å². The van der Waals surface area contributed by atoms with Gasteiger partial charge in [-0.2, -0.15) is 5.26 Å². The van der Waals surface area contributed by atoms with Crippen LogP contribution in [0.2, 0.25) is 5.02 Å². The zero-order chi connectivity index (χ0) is 17.1. The van der Waals surface area contributed by atoms with Gasteiger partial charge in [0.15, 0.2) is 5.56 Å². The maximum absolute atomic E-state index is 12.3. The van der Waals surface area contributed by atoms with E-state index in [2.05, 4.69) is 4.90 Å². The van der Waals surface area contributed by atoms with Gasteiger partial charge in [0.05, 0.1) is 10.7 Å². The molecule has 1 aliphatic rings. The lowest BCUT2D eigenvalue weighted by atomic mass is 10.1. The summed E-state index contributed by atoms with van der Waals surface area (Å²) in [6, 6.07) is 9.35. The Hall–Kier alpha value is -1.90. The minimum Gasteiger partial charge on any atom is -0.422 e. The molecule has 1 fully saturated rings. The van der Waals surface area contributed by atoms with E-state index in [-0.39, 0.29) is 5.56 Å². The highest BCUT2D eigenvalue weighted by atomic mass is 35.5. The third-order valence-corrected chi connectivity index (χ3v) is 5.40. The van der Waals surface area contributed by atoms with Crippen LogP contribution in [0.5, 0.6) is 0 Å².